The lowest BCUT2D eigenvalue weighted by molar-refractivity contribution is 0.0301. The smallest absolute Gasteiger partial charge is 0.289 e. The zero-order chi connectivity index (χ0) is 18.8. The van der Waals surface area contributed by atoms with Crippen molar-refractivity contribution in [1.29, 1.82) is 0 Å². The number of carbonyl (C=O) groups is 1. The molecule has 1 aliphatic heterocycles. The predicted octanol–water partition coefficient (Wildman–Crippen LogP) is 0.758. The molecule has 10 heteroatoms. The van der Waals surface area contributed by atoms with Gasteiger partial charge in [0.05, 0.1) is 24.5 Å². The fourth-order valence-corrected chi connectivity index (χ4v) is 2.98. The van der Waals surface area contributed by atoms with E-state index >= 15 is 0 Å². The number of halogens is 1. The summed E-state index contributed by atoms with van der Waals surface area (Å²) in [4.78, 5) is 38.3. The number of H-pyrrole nitrogens is 1. The molecule has 0 bridgehead atoms. The predicted molar refractivity (Wildman–Crippen MR) is 98.1 cm³/mol. The third kappa shape index (κ3) is 3.37. The van der Waals surface area contributed by atoms with Crippen LogP contribution in [0, 0.1) is 0 Å². The van der Waals surface area contributed by atoms with Crippen LogP contribution < -0.4 is 16.4 Å². The Morgan fingerprint density at radius 1 is 1.31 bits per heavy atom. The van der Waals surface area contributed by atoms with Gasteiger partial charge in [-0.3, -0.25) is 24.2 Å². The van der Waals surface area contributed by atoms with Crippen LogP contribution in [0.3, 0.4) is 0 Å². The van der Waals surface area contributed by atoms with E-state index in [-0.39, 0.29) is 33.1 Å². The SMILES string of the molecule is Cn1[nH]c(=O)c(Br)c(Nc2cccc(C(=O)N3CCOCC3)c2O)c1=O. The molecular weight excluding hydrogens is 408 g/mol. The van der Waals surface area contributed by atoms with Crippen LogP contribution in [0.25, 0.3) is 0 Å². The molecule has 2 heterocycles. The largest absolute Gasteiger partial charge is 0.505 e. The maximum atomic E-state index is 12.6. The number of ether oxygens (including phenoxy) is 1. The third-order valence-corrected chi connectivity index (χ3v) is 4.79. The number of hydrogen-bond acceptors (Lipinski definition) is 6. The number of phenols is 1. The third-order valence-electron chi connectivity index (χ3n) is 4.03. The number of aromatic nitrogens is 2. The van der Waals surface area contributed by atoms with E-state index in [0.717, 1.165) is 4.68 Å². The number of benzene rings is 1. The minimum absolute atomic E-state index is 0.00455. The number of para-hydroxylation sites is 1. The van der Waals surface area contributed by atoms with Crippen LogP contribution in [-0.2, 0) is 11.8 Å². The molecule has 1 aromatic heterocycles. The number of amides is 1. The number of hydrogen-bond donors (Lipinski definition) is 3. The van der Waals surface area contributed by atoms with Crippen molar-refractivity contribution in [2.45, 2.75) is 0 Å². The van der Waals surface area contributed by atoms with Gasteiger partial charge < -0.3 is 20.1 Å². The van der Waals surface area contributed by atoms with Crippen molar-refractivity contribution < 1.29 is 14.6 Å². The van der Waals surface area contributed by atoms with Crippen LogP contribution >= 0.6 is 15.9 Å². The molecule has 0 unspecified atom stereocenters. The summed E-state index contributed by atoms with van der Waals surface area (Å²) in [6, 6.07) is 4.60. The summed E-state index contributed by atoms with van der Waals surface area (Å²) in [5.74, 6) is -0.620. The van der Waals surface area contributed by atoms with Crippen molar-refractivity contribution in [3.05, 3.63) is 48.9 Å². The molecule has 3 rings (SSSR count). The first kappa shape index (κ1) is 18.2. The molecule has 0 saturated carbocycles. The van der Waals surface area contributed by atoms with E-state index < -0.39 is 11.1 Å². The Balaban J connectivity index is 1.97. The Labute approximate surface area is 156 Å². The van der Waals surface area contributed by atoms with Gasteiger partial charge in [-0.2, -0.15) is 0 Å². The second-order valence-corrected chi connectivity index (χ2v) is 6.52. The van der Waals surface area contributed by atoms with Crippen LogP contribution in [0.5, 0.6) is 5.75 Å². The van der Waals surface area contributed by atoms with Crippen molar-refractivity contribution in [2.24, 2.45) is 7.05 Å². The van der Waals surface area contributed by atoms with Gasteiger partial charge in [-0.05, 0) is 28.1 Å². The van der Waals surface area contributed by atoms with Gasteiger partial charge in [0, 0.05) is 20.1 Å². The molecule has 0 radical (unpaired) electrons. The van der Waals surface area contributed by atoms with Crippen molar-refractivity contribution in [3.63, 3.8) is 0 Å². The Hall–Kier alpha value is -2.59. The van der Waals surface area contributed by atoms with E-state index in [1.54, 1.807) is 11.0 Å². The Bertz CT molecular complexity index is 962. The fraction of sp³-hybridized carbons (Fsp3) is 0.312. The summed E-state index contributed by atoms with van der Waals surface area (Å²) in [6.07, 6.45) is 0. The number of nitrogens with zero attached hydrogens (tertiary/aromatic N) is 2. The topological polar surface area (TPSA) is 117 Å². The highest BCUT2D eigenvalue weighted by molar-refractivity contribution is 9.10. The van der Waals surface area contributed by atoms with Gasteiger partial charge in [-0.15, -0.1) is 0 Å². The van der Waals surface area contributed by atoms with E-state index in [4.69, 9.17) is 4.74 Å². The Morgan fingerprint density at radius 2 is 2.00 bits per heavy atom. The monoisotopic (exact) mass is 424 g/mol. The van der Waals surface area contributed by atoms with E-state index in [1.165, 1.54) is 19.2 Å². The highest BCUT2D eigenvalue weighted by Crippen LogP contribution is 2.31. The zero-order valence-corrected chi connectivity index (χ0v) is 15.5. The molecule has 1 amide bonds. The summed E-state index contributed by atoms with van der Waals surface area (Å²) < 4.78 is 6.25. The molecular formula is C16H17BrN4O5. The van der Waals surface area contributed by atoms with Crippen molar-refractivity contribution in [2.75, 3.05) is 31.6 Å². The average Bonchev–Trinajstić information content (AvgIpc) is 2.65. The standard InChI is InChI=1S/C16H17BrN4O5/c1-20-16(25)12(11(17)14(23)19-20)18-10-4-2-3-9(13(10)22)15(24)21-5-7-26-8-6-21/h2-4,18,22H,5-8H2,1H3,(H,19,23). The summed E-state index contributed by atoms with van der Waals surface area (Å²) in [5.41, 5.74) is -0.792. The molecule has 1 saturated heterocycles. The number of carbonyl (C=O) groups excluding carboxylic acids is 1. The number of phenolic OH excluding ortho intramolecular Hbond substituents is 1. The lowest BCUT2D eigenvalue weighted by Gasteiger charge is -2.27. The first-order chi connectivity index (χ1) is 12.4. The highest BCUT2D eigenvalue weighted by Gasteiger charge is 2.23. The molecule has 0 aliphatic carbocycles. The van der Waals surface area contributed by atoms with Crippen LogP contribution in [0.15, 0.2) is 32.3 Å². The Kier molecular flexibility index (Phi) is 5.14. The van der Waals surface area contributed by atoms with Gasteiger partial charge in [0.1, 0.15) is 10.2 Å². The summed E-state index contributed by atoms with van der Waals surface area (Å²) in [7, 11) is 1.40. The normalized spacial score (nSPS) is 14.3. The van der Waals surface area contributed by atoms with Crippen LogP contribution in [-0.4, -0.2) is 52.0 Å². The highest BCUT2D eigenvalue weighted by atomic mass is 79.9. The average molecular weight is 425 g/mol. The van der Waals surface area contributed by atoms with Crippen molar-refractivity contribution in [1.82, 2.24) is 14.7 Å². The van der Waals surface area contributed by atoms with E-state index in [1.807, 2.05) is 0 Å². The number of aromatic amines is 1. The molecule has 26 heavy (non-hydrogen) atoms. The van der Waals surface area contributed by atoms with Crippen LogP contribution in [0.4, 0.5) is 11.4 Å². The van der Waals surface area contributed by atoms with Crippen molar-refractivity contribution >= 4 is 33.2 Å². The van der Waals surface area contributed by atoms with E-state index in [9.17, 15) is 19.5 Å². The number of aromatic hydroxyl groups is 1. The number of anilines is 2. The minimum atomic E-state index is -0.505. The summed E-state index contributed by atoms with van der Waals surface area (Å²) in [5, 5.41) is 15.6. The summed E-state index contributed by atoms with van der Waals surface area (Å²) >= 11 is 3.07. The number of nitrogens with one attached hydrogen (secondary N) is 2. The van der Waals surface area contributed by atoms with Gasteiger partial charge >= 0.3 is 0 Å². The van der Waals surface area contributed by atoms with Gasteiger partial charge in [-0.25, -0.2) is 0 Å². The molecule has 2 aromatic rings. The zero-order valence-electron chi connectivity index (χ0n) is 13.9. The quantitative estimate of drug-likeness (QED) is 0.626. The number of morpholine rings is 1. The van der Waals surface area contributed by atoms with Gasteiger partial charge in [0.2, 0.25) is 0 Å². The molecule has 138 valence electrons. The number of rotatable bonds is 3. The number of aryl methyl sites for hydroxylation is 1. The molecule has 0 atom stereocenters. The second kappa shape index (κ2) is 7.34. The van der Waals surface area contributed by atoms with Gasteiger partial charge in [-0.1, -0.05) is 6.07 Å². The second-order valence-electron chi connectivity index (χ2n) is 5.73. The first-order valence-electron chi connectivity index (χ1n) is 7.85. The van der Waals surface area contributed by atoms with Gasteiger partial charge in [0.15, 0.2) is 5.75 Å². The Morgan fingerprint density at radius 3 is 2.69 bits per heavy atom. The van der Waals surface area contributed by atoms with Crippen LogP contribution in [0.1, 0.15) is 10.4 Å². The summed E-state index contributed by atoms with van der Waals surface area (Å²) in [6.45, 7) is 1.77. The van der Waals surface area contributed by atoms with E-state index in [2.05, 4.69) is 26.3 Å². The molecule has 1 aromatic carbocycles. The molecule has 0 spiro atoms. The molecule has 1 fully saturated rings. The molecule has 3 N–H and O–H groups in total. The first-order valence-corrected chi connectivity index (χ1v) is 8.64. The maximum Gasteiger partial charge on any atom is 0.289 e. The molecule has 9 nitrogen and oxygen atoms in total. The molecule has 1 aliphatic rings. The van der Waals surface area contributed by atoms with Gasteiger partial charge in [0.25, 0.3) is 17.0 Å². The lowest BCUT2D eigenvalue weighted by atomic mass is 10.1. The van der Waals surface area contributed by atoms with E-state index in [0.29, 0.717) is 26.3 Å². The minimum Gasteiger partial charge on any atom is -0.505 e. The fourth-order valence-electron chi connectivity index (χ4n) is 2.62. The maximum absolute atomic E-state index is 12.6. The lowest BCUT2D eigenvalue weighted by Crippen LogP contribution is -2.40. The van der Waals surface area contributed by atoms with Crippen molar-refractivity contribution in [3.8, 4) is 5.75 Å². The van der Waals surface area contributed by atoms with Crippen LogP contribution in [0.2, 0.25) is 0 Å².